The zero-order valence-corrected chi connectivity index (χ0v) is 8.07. The summed E-state index contributed by atoms with van der Waals surface area (Å²) in [6.07, 6.45) is 6.85. The summed E-state index contributed by atoms with van der Waals surface area (Å²) in [5, 5.41) is 10.7. The molecular formula is C10H13NO2. The molecule has 70 valence electrons. The molecule has 0 spiro atoms. The monoisotopic (exact) mass is 179 g/mol. The van der Waals surface area contributed by atoms with Crippen molar-refractivity contribution in [3.63, 3.8) is 0 Å². The highest BCUT2D eigenvalue weighted by Gasteiger charge is 2.31. The highest BCUT2D eigenvalue weighted by atomic mass is 16.6. The van der Waals surface area contributed by atoms with Gasteiger partial charge in [0.15, 0.2) is 0 Å². The van der Waals surface area contributed by atoms with Crippen LogP contribution in [0, 0.1) is 10.1 Å². The molecule has 0 unspecified atom stereocenters. The quantitative estimate of drug-likeness (QED) is 0.458. The summed E-state index contributed by atoms with van der Waals surface area (Å²) >= 11 is 0. The first-order chi connectivity index (χ1) is 5.96. The minimum absolute atomic E-state index is 0.286. The van der Waals surface area contributed by atoms with E-state index in [9.17, 15) is 10.1 Å². The van der Waals surface area contributed by atoms with Crippen LogP contribution in [0.25, 0.3) is 0 Å². The third kappa shape index (κ3) is 1.86. The van der Waals surface area contributed by atoms with Gasteiger partial charge in [0.05, 0.1) is 0 Å². The lowest BCUT2D eigenvalue weighted by molar-refractivity contribution is -0.535. The lowest BCUT2D eigenvalue weighted by Gasteiger charge is -2.10. The summed E-state index contributed by atoms with van der Waals surface area (Å²) in [6, 6.07) is 0. The van der Waals surface area contributed by atoms with E-state index < -0.39 is 5.54 Å². The van der Waals surface area contributed by atoms with Gasteiger partial charge in [0.25, 0.3) is 5.54 Å². The molecule has 0 amide bonds. The molecule has 1 aliphatic carbocycles. The normalized spacial score (nSPS) is 20.2. The molecule has 0 aliphatic heterocycles. The molecule has 0 radical (unpaired) electrons. The molecule has 1 aliphatic rings. The van der Waals surface area contributed by atoms with Gasteiger partial charge in [0.2, 0.25) is 0 Å². The van der Waals surface area contributed by atoms with Crippen molar-refractivity contribution in [3.05, 3.63) is 45.6 Å². The Labute approximate surface area is 77.6 Å². The molecule has 0 fully saturated rings. The van der Waals surface area contributed by atoms with Crippen molar-refractivity contribution >= 4 is 0 Å². The predicted octanol–water partition coefficient (Wildman–Crippen LogP) is 2.48. The zero-order chi connectivity index (χ0) is 10.1. The van der Waals surface area contributed by atoms with Crippen LogP contribution in [0.4, 0.5) is 0 Å². The molecular weight excluding hydrogens is 166 g/mol. The van der Waals surface area contributed by atoms with Crippen LogP contribution >= 0.6 is 0 Å². The summed E-state index contributed by atoms with van der Waals surface area (Å²) < 4.78 is 0. The van der Waals surface area contributed by atoms with Gasteiger partial charge in [-0.3, -0.25) is 10.1 Å². The zero-order valence-electron chi connectivity index (χ0n) is 8.07. The van der Waals surface area contributed by atoms with Crippen LogP contribution in [-0.4, -0.2) is 10.5 Å². The highest BCUT2D eigenvalue weighted by Crippen LogP contribution is 2.20. The van der Waals surface area contributed by atoms with Crippen molar-refractivity contribution in [2.45, 2.75) is 26.3 Å². The van der Waals surface area contributed by atoms with Gasteiger partial charge in [-0.1, -0.05) is 12.2 Å². The van der Waals surface area contributed by atoms with Crippen molar-refractivity contribution < 1.29 is 4.92 Å². The second kappa shape index (κ2) is 3.17. The van der Waals surface area contributed by atoms with Crippen LogP contribution < -0.4 is 0 Å². The Bertz CT molecular complexity index is 302. The standard InChI is InChI=1S/C10H13NO2/c1-8-4-6-10(3,11(12)13)7-5-9(8)2/h4-7H,1-3H3. The number of nitrogens with zero attached hydrogens (tertiary/aromatic N) is 1. The maximum absolute atomic E-state index is 10.7. The van der Waals surface area contributed by atoms with Crippen molar-refractivity contribution in [2.75, 3.05) is 0 Å². The molecule has 0 atom stereocenters. The number of nitro groups is 1. The summed E-state index contributed by atoms with van der Waals surface area (Å²) in [5.74, 6) is 0. The van der Waals surface area contributed by atoms with Gasteiger partial charge in [-0.2, -0.15) is 0 Å². The van der Waals surface area contributed by atoms with E-state index in [1.807, 2.05) is 13.8 Å². The number of hydrogen-bond acceptors (Lipinski definition) is 2. The van der Waals surface area contributed by atoms with Crippen LogP contribution in [0.2, 0.25) is 0 Å². The van der Waals surface area contributed by atoms with Crippen molar-refractivity contribution in [1.82, 2.24) is 0 Å². The largest absolute Gasteiger partial charge is 0.263 e. The van der Waals surface area contributed by atoms with E-state index in [1.54, 1.807) is 31.2 Å². The van der Waals surface area contributed by atoms with E-state index in [0.29, 0.717) is 0 Å². The molecule has 3 nitrogen and oxygen atoms in total. The summed E-state index contributed by atoms with van der Waals surface area (Å²) in [4.78, 5) is 10.4. The van der Waals surface area contributed by atoms with Gasteiger partial charge in [-0.15, -0.1) is 0 Å². The van der Waals surface area contributed by atoms with E-state index in [-0.39, 0.29) is 4.92 Å². The molecule has 0 aromatic heterocycles. The molecule has 3 heteroatoms. The first-order valence-electron chi connectivity index (χ1n) is 4.16. The Hall–Kier alpha value is -1.38. The maximum atomic E-state index is 10.7. The Morgan fingerprint density at radius 2 is 1.62 bits per heavy atom. The molecule has 0 aromatic carbocycles. The summed E-state index contributed by atoms with van der Waals surface area (Å²) in [7, 11) is 0. The number of allylic oxidation sites excluding steroid dienone is 4. The van der Waals surface area contributed by atoms with Gasteiger partial charge in [0, 0.05) is 11.8 Å². The Kier molecular flexibility index (Phi) is 2.36. The fourth-order valence-electron chi connectivity index (χ4n) is 1.03. The van der Waals surface area contributed by atoms with Gasteiger partial charge in [0.1, 0.15) is 0 Å². The van der Waals surface area contributed by atoms with Crippen LogP contribution in [0.1, 0.15) is 20.8 Å². The molecule has 13 heavy (non-hydrogen) atoms. The van der Waals surface area contributed by atoms with Crippen molar-refractivity contribution in [3.8, 4) is 0 Å². The van der Waals surface area contributed by atoms with Crippen LogP contribution in [0.15, 0.2) is 35.5 Å². The van der Waals surface area contributed by atoms with Gasteiger partial charge in [-0.25, -0.2) is 0 Å². The molecule has 0 bridgehead atoms. The average molecular weight is 179 g/mol. The molecule has 0 aromatic rings. The topological polar surface area (TPSA) is 43.1 Å². The Balaban J connectivity index is 3.10. The number of rotatable bonds is 1. The maximum Gasteiger partial charge on any atom is 0.256 e. The second-order valence-electron chi connectivity index (χ2n) is 3.52. The minimum Gasteiger partial charge on any atom is -0.263 e. The van der Waals surface area contributed by atoms with Gasteiger partial charge in [-0.05, 0) is 37.1 Å². The van der Waals surface area contributed by atoms with Crippen LogP contribution in [-0.2, 0) is 0 Å². The first-order valence-corrected chi connectivity index (χ1v) is 4.16. The lowest BCUT2D eigenvalue weighted by atomic mass is 10.0. The van der Waals surface area contributed by atoms with Crippen molar-refractivity contribution in [1.29, 1.82) is 0 Å². The molecule has 0 saturated carbocycles. The Morgan fingerprint density at radius 1 is 1.23 bits per heavy atom. The lowest BCUT2D eigenvalue weighted by Crippen LogP contribution is -2.29. The van der Waals surface area contributed by atoms with E-state index >= 15 is 0 Å². The molecule has 0 saturated heterocycles. The van der Waals surface area contributed by atoms with E-state index in [0.717, 1.165) is 11.1 Å². The SMILES string of the molecule is CC1=C(C)C=CC(C)([N+](=O)[O-])C=C1. The molecule has 1 rings (SSSR count). The summed E-state index contributed by atoms with van der Waals surface area (Å²) in [6.45, 7) is 5.48. The van der Waals surface area contributed by atoms with E-state index in [4.69, 9.17) is 0 Å². The first kappa shape index (κ1) is 9.71. The fraction of sp³-hybridized carbons (Fsp3) is 0.400. The molecule has 0 heterocycles. The molecule has 0 N–H and O–H groups in total. The van der Waals surface area contributed by atoms with Crippen molar-refractivity contribution in [2.24, 2.45) is 0 Å². The predicted molar refractivity (Wildman–Crippen MR) is 52.1 cm³/mol. The van der Waals surface area contributed by atoms with E-state index in [2.05, 4.69) is 0 Å². The smallest absolute Gasteiger partial charge is 0.256 e. The minimum atomic E-state index is -1.06. The van der Waals surface area contributed by atoms with E-state index in [1.165, 1.54) is 0 Å². The third-order valence-corrected chi connectivity index (χ3v) is 2.36. The average Bonchev–Trinajstić information content (AvgIpc) is 2.20. The van der Waals surface area contributed by atoms with Gasteiger partial charge >= 0.3 is 0 Å². The Morgan fingerprint density at radius 3 is 1.92 bits per heavy atom. The van der Waals surface area contributed by atoms with Crippen LogP contribution in [0.5, 0.6) is 0 Å². The summed E-state index contributed by atoms with van der Waals surface area (Å²) in [5.41, 5.74) is 1.09. The third-order valence-electron chi connectivity index (χ3n) is 2.36. The highest BCUT2D eigenvalue weighted by molar-refractivity contribution is 5.36. The van der Waals surface area contributed by atoms with Crippen LogP contribution in [0.3, 0.4) is 0 Å². The van der Waals surface area contributed by atoms with Gasteiger partial charge < -0.3 is 0 Å². The number of hydrogen-bond donors (Lipinski definition) is 0. The fourth-order valence-corrected chi connectivity index (χ4v) is 1.03. The second-order valence-corrected chi connectivity index (χ2v) is 3.52.